The lowest BCUT2D eigenvalue weighted by molar-refractivity contribution is -0.111. The first kappa shape index (κ1) is 16.6. The van der Waals surface area contributed by atoms with Crippen LogP contribution < -0.4 is 5.32 Å². The minimum absolute atomic E-state index is 0.205. The lowest BCUT2D eigenvalue weighted by Crippen LogP contribution is -2.07. The number of halogens is 1. The van der Waals surface area contributed by atoms with Crippen molar-refractivity contribution in [2.24, 2.45) is 0 Å². The molecule has 0 bridgehead atoms. The van der Waals surface area contributed by atoms with Gasteiger partial charge in [0.1, 0.15) is 11.6 Å². The summed E-state index contributed by atoms with van der Waals surface area (Å²) in [7, 11) is 0. The van der Waals surface area contributed by atoms with Gasteiger partial charge in [0.15, 0.2) is 0 Å². The highest BCUT2D eigenvalue weighted by molar-refractivity contribution is 6.00. The number of imidazole rings is 1. The fourth-order valence-electron chi connectivity index (χ4n) is 2.48. The molecule has 1 heterocycles. The lowest BCUT2D eigenvalue weighted by atomic mass is 10.1. The molecule has 3 rings (SSSR count). The summed E-state index contributed by atoms with van der Waals surface area (Å²) in [5, 5.41) is 2.79. The molecule has 1 aromatic heterocycles. The van der Waals surface area contributed by atoms with Gasteiger partial charge in [-0.3, -0.25) is 4.79 Å². The van der Waals surface area contributed by atoms with E-state index >= 15 is 0 Å². The van der Waals surface area contributed by atoms with Crippen LogP contribution in [0.15, 0.2) is 66.8 Å². The zero-order valence-corrected chi connectivity index (χ0v) is 13.8. The van der Waals surface area contributed by atoms with Gasteiger partial charge in [0.2, 0.25) is 5.91 Å². The van der Waals surface area contributed by atoms with Gasteiger partial charge in [-0.05, 0) is 36.8 Å². The molecule has 0 aliphatic carbocycles. The number of nitrogens with zero attached hydrogens (tertiary/aromatic N) is 1. The van der Waals surface area contributed by atoms with E-state index in [1.165, 1.54) is 12.1 Å². The first-order chi connectivity index (χ1) is 12.2. The summed E-state index contributed by atoms with van der Waals surface area (Å²) in [5.74, 6) is 0.226. The lowest BCUT2D eigenvalue weighted by Gasteiger charge is -2.01. The van der Waals surface area contributed by atoms with Gasteiger partial charge in [0.25, 0.3) is 0 Å². The van der Waals surface area contributed by atoms with E-state index in [9.17, 15) is 9.18 Å². The Bertz CT molecular complexity index is 956. The molecule has 0 unspecified atom stereocenters. The summed E-state index contributed by atoms with van der Waals surface area (Å²) < 4.78 is 13.8. The highest BCUT2D eigenvalue weighted by Gasteiger charge is 2.08. The molecule has 126 valence electrons. The highest BCUT2D eigenvalue weighted by atomic mass is 19.1. The van der Waals surface area contributed by atoms with Crippen LogP contribution in [0, 0.1) is 5.82 Å². The molecule has 0 fully saturated rings. The number of rotatable bonds is 5. The zero-order valence-electron chi connectivity index (χ0n) is 13.8. The number of H-pyrrole nitrogens is 1. The van der Waals surface area contributed by atoms with Crippen molar-refractivity contribution in [3.05, 3.63) is 84.0 Å². The molecule has 0 atom stereocenters. The smallest absolute Gasteiger partial charge is 0.248 e. The number of amides is 1. The Labute approximate surface area is 145 Å². The molecule has 25 heavy (non-hydrogen) atoms. The van der Waals surface area contributed by atoms with Crippen molar-refractivity contribution in [3.8, 4) is 0 Å². The van der Waals surface area contributed by atoms with Crippen LogP contribution in [-0.4, -0.2) is 15.9 Å². The van der Waals surface area contributed by atoms with Crippen LogP contribution in [-0.2, 0) is 11.2 Å². The van der Waals surface area contributed by atoms with Gasteiger partial charge < -0.3 is 10.3 Å². The topological polar surface area (TPSA) is 57.8 Å². The first-order valence-corrected chi connectivity index (χ1v) is 7.98. The van der Waals surface area contributed by atoms with Crippen LogP contribution in [0.2, 0.25) is 0 Å². The van der Waals surface area contributed by atoms with E-state index in [-0.39, 0.29) is 11.7 Å². The van der Waals surface area contributed by atoms with E-state index < -0.39 is 0 Å². The molecule has 0 saturated carbocycles. The molecule has 5 heteroatoms. The Morgan fingerprint density at radius 2 is 2.08 bits per heavy atom. The van der Waals surface area contributed by atoms with Crippen molar-refractivity contribution < 1.29 is 9.18 Å². The molecule has 2 N–H and O–H groups in total. The Hall–Kier alpha value is -3.21. The van der Waals surface area contributed by atoms with Gasteiger partial charge in [-0.2, -0.15) is 0 Å². The second-order valence-corrected chi connectivity index (χ2v) is 5.56. The van der Waals surface area contributed by atoms with Crippen molar-refractivity contribution in [3.63, 3.8) is 0 Å². The van der Waals surface area contributed by atoms with E-state index in [0.29, 0.717) is 23.5 Å². The summed E-state index contributed by atoms with van der Waals surface area (Å²) in [6, 6.07) is 12.1. The minimum Gasteiger partial charge on any atom is -0.342 e. The third-order valence-corrected chi connectivity index (χ3v) is 3.67. The number of carbonyl (C=O) groups is 1. The number of allylic oxidation sites excluding steroid dienone is 3. The quantitative estimate of drug-likeness (QED) is 0.537. The molecule has 0 saturated heterocycles. The standard InChI is InChI=1S/C20H18FN3O/c1-2-3-4-9-20(25)22-15-10-11-17-18(13-15)24-19(23-17)12-14-7-5-6-8-16(14)21/h2-11,13H,12H2,1H3,(H,22,25)(H,23,24)/b3-2+,9-4-. The summed E-state index contributed by atoms with van der Waals surface area (Å²) in [4.78, 5) is 19.5. The molecule has 1 amide bonds. The van der Waals surface area contributed by atoms with Gasteiger partial charge in [0, 0.05) is 18.2 Å². The van der Waals surface area contributed by atoms with Crippen LogP contribution in [0.3, 0.4) is 0 Å². The third kappa shape index (κ3) is 4.20. The van der Waals surface area contributed by atoms with Crippen LogP contribution in [0.5, 0.6) is 0 Å². The van der Waals surface area contributed by atoms with Crippen molar-refractivity contribution >= 4 is 22.6 Å². The molecular weight excluding hydrogens is 317 g/mol. The molecule has 0 aliphatic heterocycles. The Balaban J connectivity index is 1.77. The molecule has 3 aromatic rings. The largest absolute Gasteiger partial charge is 0.342 e. The van der Waals surface area contributed by atoms with Gasteiger partial charge in [-0.15, -0.1) is 0 Å². The fourth-order valence-corrected chi connectivity index (χ4v) is 2.48. The number of aromatic amines is 1. The monoisotopic (exact) mass is 335 g/mol. The maximum absolute atomic E-state index is 13.8. The number of hydrogen-bond acceptors (Lipinski definition) is 2. The fraction of sp³-hybridized carbons (Fsp3) is 0.100. The Morgan fingerprint density at radius 1 is 1.24 bits per heavy atom. The number of nitrogens with one attached hydrogen (secondary N) is 2. The van der Waals surface area contributed by atoms with E-state index in [1.807, 2.05) is 25.1 Å². The average molecular weight is 335 g/mol. The second kappa shape index (κ2) is 7.57. The van der Waals surface area contributed by atoms with E-state index in [1.54, 1.807) is 36.4 Å². The predicted octanol–water partition coefficient (Wildman–Crippen LogP) is 4.36. The Morgan fingerprint density at radius 3 is 2.88 bits per heavy atom. The number of carbonyl (C=O) groups excluding carboxylic acids is 1. The number of aromatic nitrogens is 2. The van der Waals surface area contributed by atoms with Gasteiger partial charge >= 0.3 is 0 Å². The molecular formula is C20H18FN3O. The van der Waals surface area contributed by atoms with Crippen molar-refractivity contribution in [1.82, 2.24) is 9.97 Å². The van der Waals surface area contributed by atoms with E-state index in [0.717, 1.165) is 11.0 Å². The van der Waals surface area contributed by atoms with E-state index in [4.69, 9.17) is 0 Å². The molecule has 4 nitrogen and oxygen atoms in total. The number of fused-ring (bicyclic) bond motifs is 1. The summed E-state index contributed by atoms with van der Waals surface area (Å²) >= 11 is 0. The predicted molar refractivity (Wildman–Crippen MR) is 97.9 cm³/mol. The second-order valence-electron chi connectivity index (χ2n) is 5.56. The molecule has 0 aliphatic rings. The third-order valence-electron chi connectivity index (χ3n) is 3.67. The Kier molecular flexibility index (Phi) is 5.04. The first-order valence-electron chi connectivity index (χ1n) is 7.98. The van der Waals surface area contributed by atoms with Crippen LogP contribution >= 0.6 is 0 Å². The number of anilines is 1. The summed E-state index contributed by atoms with van der Waals surface area (Å²) in [6.45, 7) is 1.88. The SMILES string of the molecule is C/C=C/C=C\C(=O)Nc1ccc2nc(Cc3ccccc3F)[nH]c2c1. The number of hydrogen-bond donors (Lipinski definition) is 2. The molecule has 2 aromatic carbocycles. The van der Waals surface area contributed by atoms with Gasteiger partial charge in [-0.25, -0.2) is 9.37 Å². The summed E-state index contributed by atoms with van der Waals surface area (Å²) in [5.41, 5.74) is 2.82. The summed E-state index contributed by atoms with van der Waals surface area (Å²) in [6.07, 6.45) is 7.15. The van der Waals surface area contributed by atoms with Crippen LogP contribution in [0.1, 0.15) is 18.3 Å². The molecule has 0 spiro atoms. The van der Waals surface area contributed by atoms with Gasteiger partial charge in [0.05, 0.1) is 11.0 Å². The maximum Gasteiger partial charge on any atom is 0.248 e. The van der Waals surface area contributed by atoms with Gasteiger partial charge in [-0.1, -0.05) is 36.4 Å². The highest BCUT2D eigenvalue weighted by Crippen LogP contribution is 2.19. The number of benzene rings is 2. The molecule has 0 radical (unpaired) electrons. The van der Waals surface area contributed by atoms with E-state index in [2.05, 4.69) is 15.3 Å². The van der Waals surface area contributed by atoms with Crippen LogP contribution in [0.25, 0.3) is 11.0 Å². The maximum atomic E-state index is 13.8. The minimum atomic E-state index is -0.246. The van der Waals surface area contributed by atoms with Crippen molar-refractivity contribution in [2.75, 3.05) is 5.32 Å². The normalized spacial score (nSPS) is 11.6. The zero-order chi connectivity index (χ0) is 17.6. The van der Waals surface area contributed by atoms with Crippen LogP contribution in [0.4, 0.5) is 10.1 Å². The van der Waals surface area contributed by atoms with Crippen molar-refractivity contribution in [1.29, 1.82) is 0 Å². The van der Waals surface area contributed by atoms with Crippen molar-refractivity contribution in [2.45, 2.75) is 13.3 Å². The average Bonchev–Trinajstić information content (AvgIpc) is 2.99.